The smallest absolute Gasteiger partial charge is 0.374 e. The van der Waals surface area contributed by atoms with E-state index in [0.29, 0.717) is 11.2 Å². The normalized spacial score (nSPS) is 13.7. The molecule has 12 heteroatoms. The van der Waals surface area contributed by atoms with Gasteiger partial charge < -0.3 is 15.0 Å². The van der Waals surface area contributed by atoms with E-state index in [9.17, 15) is 27.9 Å². The molecule has 4 rings (SSSR count). The van der Waals surface area contributed by atoms with Crippen LogP contribution < -0.4 is 11.0 Å². The number of alkyl halides is 3. The number of halogens is 3. The first-order chi connectivity index (χ1) is 15.6. The Labute approximate surface area is 184 Å². The number of nitrogens with one attached hydrogen (secondary N) is 1. The highest BCUT2D eigenvalue weighted by Gasteiger charge is 2.58. The molecule has 0 saturated heterocycles. The van der Waals surface area contributed by atoms with Gasteiger partial charge in [0.25, 0.3) is 0 Å². The number of pyridine rings is 1. The molecule has 4 aromatic rings. The van der Waals surface area contributed by atoms with Crippen molar-refractivity contribution >= 4 is 17.2 Å². The molecule has 0 radical (unpaired) electrons. The molecule has 1 amide bonds. The zero-order valence-corrected chi connectivity index (χ0v) is 17.3. The van der Waals surface area contributed by atoms with Crippen LogP contribution in [0.4, 0.5) is 18.9 Å². The number of aryl methyl sites for hydroxylation is 1. The number of imidazole rings is 1. The molecule has 0 aliphatic carbocycles. The lowest BCUT2D eigenvalue weighted by Crippen LogP contribution is -2.46. The van der Waals surface area contributed by atoms with Gasteiger partial charge in [0.1, 0.15) is 0 Å². The van der Waals surface area contributed by atoms with E-state index in [1.54, 1.807) is 36.5 Å². The van der Waals surface area contributed by atoms with E-state index in [0.717, 1.165) is 10.8 Å². The second-order valence-corrected chi connectivity index (χ2v) is 7.51. The summed E-state index contributed by atoms with van der Waals surface area (Å²) in [4.78, 5) is 28.5. The lowest BCUT2D eigenvalue weighted by atomic mass is 9.97. The van der Waals surface area contributed by atoms with E-state index >= 15 is 0 Å². The minimum Gasteiger partial charge on any atom is -0.374 e. The third kappa shape index (κ3) is 4.24. The number of fused-ring (bicyclic) bond motifs is 1. The van der Waals surface area contributed by atoms with Crippen molar-refractivity contribution in [3.05, 3.63) is 82.9 Å². The van der Waals surface area contributed by atoms with Crippen molar-refractivity contribution < 1.29 is 23.1 Å². The highest BCUT2D eigenvalue weighted by atomic mass is 19.4. The Balaban J connectivity index is 1.53. The summed E-state index contributed by atoms with van der Waals surface area (Å²) in [5, 5.41) is 17.0. The number of aromatic nitrogens is 5. The predicted molar refractivity (Wildman–Crippen MR) is 111 cm³/mol. The van der Waals surface area contributed by atoms with Crippen molar-refractivity contribution in [1.29, 1.82) is 0 Å². The maximum atomic E-state index is 13.7. The monoisotopic (exact) mass is 460 g/mol. The van der Waals surface area contributed by atoms with E-state index in [4.69, 9.17) is 0 Å². The van der Waals surface area contributed by atoms with Gasteiger partial charge in [-0.3, -0.25) is 9.20 Å². The highest BCUT2D eigenvalue weighted by Crippen LogP contribution is 2.40. The van der Waals surface area contributed by atoms with Gasteiger partial charge in [0.2, 0.25) is 11.5 Å². The third-order valence-corrected chi connectivity index (χ3v) is 5.11. The Bertz CT molecular complexity index is 1370. The van der Waals surface area contributed by atoms with E-state index in [1.807, 2.05) is 0 Å². The number of carbonyl (C=O) groups is 1. The number of amides is 1. The molecule has 3 aromatic heterocycles. The van der Waals surface area contributed by atoms with Crippen molar-refractivity contribution in [2.45, 2.75) is 24.7 Å². The first-order valence-corrected chi connectivity index (χ1v) is 9.78. The first-order valence-electron chi connectivity index (χ1n) is 9.78. The fraction of sp³-hybridized carbons (Fsp3) is 0.238. The largest absolute Gasteiger partial charge is 0.425 e. The van der Waals surface area contributed by atoms with Crippen LogP contribution in [0.25, 0.3) is 5.65 Å². The van der Waals surface area contributed by atoms with E-state index in [-0.39, 0.29) is 17.9 Å². The number of benzene rings is 1. The van der Waals surface area contributed by atoms with Gasteiger partial charge >= 0.3 is 11.9 Å². The number of carbonyl (C=O) groups excluding carboxylic acids is 1. The fourth-order valence-electron chi connectivity index (χ4n) is 3.50. The summed E-state index contributed by atoms with van der Waals surface area (Å²) in [6, 6.07) is 11.4. The summed E-state index contributed by atoms with van der Waals surface area (Å²) in [5.41, 5.74) is -2.55. The number of hydrogen-bond acceptors (Lipinski definition) is 5. The zero-order valence-electron chi connectivity index (χ0n) is 17.3. The van der Waals surface area contributed by atoms with Crippen molar-refractivity contribution in [2.75, 3.05) is 5.32 Å². The summed E-state index contributed by atoms with van der Waals surface area (Å²) < 4.78 is 44.6. The molecule has 33 heavy (non-hydrogen) atoms. The van der Waals surface area contributed by atoms with Crippen LogP contribution in [0.15, 0.2) is 65.8 Å². The summed E-state index contributed by atoms with van der Waals surface area (Å²) in [5.74, 6) is -1.75. The van der Waals surface area contributed by atoms with Crippen molar-refractivity contribution in [3.8, 4) is 0 Å². The van der Waals surface area contributed by atoms with Crippen LogP contribution in [0.3, 0.4) is 0 Å². The maximum Gasteiger partial charge on any atom is 0.425 e. The number of rotatable bonds is 6. The van der Waals surface area contributed by atoms with E-state index in [1.165, 1.54) is 34.5 Å². The molecule has 0 saturated carbocycles. The van der Waals surface area contributed by atoms with Gasteiger partial charge in [-0.05, 0) is 29.8 Å². The summed E-state index contributed by atoms with van der Waals surface area (Å²) in [6.07, 6.45) is -2.47. The van der Waals surface area contributed by atoms with Crippen LogP contribution in [0.2, 0.25) is 0 Å². The summed E-state index contributed by atoms with van der Waals surface area (Å²) in [7, 11) is 1.29. The number of nitrogens with zero attached hydrogens (tertiary/aromatic N) is 5. The number of aliphatic hydroxyl groups is 1. The van der Waals surface area contributed by atoms with Gasteiger partial charge in [0.05, 0.1) is 13.0 Å². The second kappa shape index (κ2) is 8.20. The van der Waals surface area contributed by atoms with E-state index in [2.05, 4.69) is 15.4 Å². The molecular weight excluding hydrogens is 441 g/mol. The van der Waals surface area contributed by atoms with Gasteiger partial charge in [-0.1, -0.05) is 18.2 Å². The maximum absolute atomic E-state index is 13.7. The molecule has 172 valence electrons. The Morgan fingerprint density at radius 2 is 1.94 bits per heavy atom. The summed E-state index contributed by atoms with van der Waals surface area (Å²) in [6.45, 7) is 0.0873. The molecule has 0 aliphatic rings. The summed E-state index contributed by atoms with van der Waals surface area (Å²) >= 11 is 0. The quantitative estimate of drug-likeness (QED) is 0.458. The van der Waals surface area contributed by atoms with Gasteiger partial charge in [0.15, 0.2) is 11.5 Å². The van der Waals surface area contributed by atoms with Crippen LogP contribution in [0, 0.1) is 0 Å². The molecule has 2 N–H and O–H groups in total. The van der Waals surface area contributed by atoms with Crippen LogP contribution in [-0.2, 0) is 24.0 Å². The molecule has 0 bridgehead atoms. The lowest BCUT2D eigenvalue weighted by molar-refractivity contribution is -0.270. The standard InChI is InChI=1S/C21H19F3N6O3/c1-28-10-8-25-18(28)20(33,21(22,23)24)12-17(31)26-15-6-4-5-14(11-15)13-30-19(32)29-9-3-2-7-16(29)27-30/h2-11,33H,12-13H2,1H3,(H,26,31). The molecule has 0 fully saturated rings. The van der Waals surface area contributed by atoms with Gasteiger partial charge in [0, 0.05) is 31.3 Å². The minimum absolute atomic E-state index is 0.0873. The van der Waals surface area contributed by atoms with Crippen LogP contribution in [-0.4, -0.2) is 40.9 Å². The fourth-order valence-corrected chi connectivity index (χ4v) is 3.50. The molecule has 0 spiro atoms. The van der Waals surface area contributed by atoms with Crippen LogP contribution >= 0.6 is 0 Å². The Morgan fingerprint density at radius 3 is 2.61 bits per heavy atom. The topological polar surface area (TPSA) is 106 Å². The van der Waals surface area contributed by atoms with Crippen LogP contribution in [0.1, 0.15) is 17.8 Å². The molecule has 9 nitrogen and oxygen atoms in total. The highest BCUT2D eigenvalue weighted by molar-refractivity contribution is 5.91. The Morgan fingerprint density at radius 1 is 1.15 bits per heavy atom. The molecule has 1 unspecified atom stereocenters. The first kappa shape index (κ1) is 22.3. The molecular formula is C21H19F3N6O3. The minimum atomic E-state index is -5.13. The van der Waals surface area contributed by atoms with Crippen molar-refractivity contribution in [2.24, 2.45) is 7.05 Å². The third-order valence-electron chi connectivity index (χ3n) is 5.11. The van der Waals surface area contributed by atoms with E-state index < -0.39 is 29.9 Å². The van der Waals surface area contributed by atoms with Crippen LogP contribution in [0.5, 0.6) is 0 Å². The van der Waals surface area contributed by atoms with Crippen molar-refractivity contribution in [3.63, 3.8) is 0 Å². The second-order valence-electron chi connectivity index (χ2n) is 7.51. The number of anilines is 1. The van der Waals surface area contributed by atoms with Gasteiger partial charge in [-0.2, -0.15) is 13.2 Å². The Kier molecular flexibility index (Phi) is 5.54. The predicted octanol–water partition coefficient (Wildman–Crippen LogP) is 2.06. The lowest BCUT2D eigenvalue weighted by Gasteiger charge is -2.29. The average Bonchev–Trinajstić information content (AvgIpc) is 3.31. The molecule has 1 aromatic carbocycles. The number of hydrogen-bond donors (Lipinski definition) is 2. The average molecular weight is 460 g/mol. The molecule has 0 aliphatic heterocycles. The SMILES string of the molecule is Cn1ccnc1C(O)(CC(=O)Nc1cccc(Cn2nc3ccccn3c2=O)c1)C(F)(F)F. The molecule has 1 atom stereocenters. The Hall–Kier alpha value is -3.93. The zero-order chi connectivity index (χ0) is 23.8. The van der Waals surface area contributed by atoms with Gasteiger partial charge in [-0.15, -0.1) is 5.10 Å². The van der Waals surface area contributed by atoms with Gasteiger partial charge in [-0.25, -0.2) is 14.5 Å². The molecule has 3 heterocycles. The van der Waals surface area contributed by atoms with Crippen molar-refractivity contribution in [1.82, 2.24) is 23.7 Å².